The molecule has 0 unspecified atom stereocenters. The molecule has 162 valence electrons. The van der Waals surface area contributed by atoms with Crippen molar-refractivity contribution in [1.29, 1.82) is 0 Å². The van der Waals surface area contributed by atoms with Crippen LogP contribution in [0.1, 0.15) is 5.56 Å². The first kappa shape index (κ1) is 19.8. The van der Waals surface area contributed by atoms with Crippen molar-refractivity contribution in [3.63, 3.8) is 0 Å². The minimum Gasteiger partial charge on any atom is -0.364 e. The largest absolute Gasteiger partial charge is 0.364 e. The average molecular weight is 437 g/mol. The van der Waals surface area contributed by atoms with E-state index in [9.17, 15) is 13.6 Å². The van der Waals surface area contributed by atoms with Gasteiger partial charge in [0, 0.05) is 24.7 Å². The van der Waals surface area contributed by atoms with E-state index >= 15 is 0 Å². The standard InChI is InChI=1S/C21H17F2N7O2/c22-14-4-2-1-3-13(14)11-30-18(16-5-8-32-28-16)9-17(27-30)20-25-10-15(23)21(26-20)29-7-6-24-19(31)12-29/h1-5,8-10H,6-7,11-12H2,(H,24,31). The lowest BCUT2D eigenvalue weighted by Gasteiger charge is -2.27. The van der Waals surface area contributed by atoms with Crippen molar-refractivity contribution in [2.75, 3.05) is 24.5 Å². The molecule has 4 aromatic rings. The van der Waals surface area contributed by atoms with E-state index in [2.05, 4.69) is 25.5 Å². The van der Waals surface area contributed by atoms with Crippen molar-refractivity contribution in [1.82, 2.24) is 30.2 Å². The summed E-state index contributed by atoms with van der Waals surface area (Å²) in [5.74, 6) is -1.01. The van der Waals surface area contributed by atoms with Crippen molar-refractivity contribution < 1.29 is 18.1 Å². The fraction of sp³-hybridized carbons (Fsp3) is 0.190. The number of hydrogen-bond acceptors (Lipinski definition) is 7. The fourth-order valence-corrected chi connectivity index (χ4v) is 3.51. The Kier molecular flexibility index (Phi) is 5.06. The van der Waals surface area contributed by atoms with Gasteiger partial charge in [-0.3, -0.25) is 9.48 Å². The topological polar surface area (TPSA) is 102 Å². The van der Waals surface area contributed by atoms with Crippen LogP contribution in [0.25, 0.3) is 22.9 Å². The molecule has 1 aromatic carbocycles. The molecule has 0 spiro atoms. The van der Waals surface area contributed by atoms with E-state index in [1.54, 1.807) is 39.9 Å². The first-order valence-electron chi connectivity index (χ1n) is 9.85. The number of aromatic nitrogens is 5. The Balaban J connectivity index is 1.55. The lowest BCUT2D eigenvalue weighted by Crippen LogP contribution is -2.48. The number of piperazine rings is 1. The van der Waals surface area contributed by atoms with Crippen LogP contribution in [0.2, 0.25) is 0 Å². The molecule has 0 radical (unpaired) electrons. The highest BCUT2D eigenvalue weighted by molar-refractivity contribution is 5.82. The summed E-state index contributed by atoms with van der Waals surface area (Å²) in [6, 6.07) is 9.72. The van der Waals surface area contributed by atoms with Gasteiger partial charge in [-0.25, -0.2) is 18.7 Å². The van der Waals surface area contributed by atoms with E-state index in [0.29, 0.717) is 35.7 Å². The number of halogens is 2. The molecule has 9 nitrogen and oxygen atoms in total. The van der Waals surface area contributed by atoms with E-state index in [-0.39, 0.29) is 36.5 Å². The third kappa shape index (κ3) is 3.80. The van der Waals surface area contributed by atoms with Crippen LogP contribution in [0, 0.1) is 11.6 Å². The van der Waals surface area contributed by atoms with Gasteiger partial charge >= 0.3 is 0 Å². The van der Waals surface area contributed by atoms with Gasteiger partial charge in [-0.1, -0.05) is 23.4 Å². The molecule has 0 bridgehead atoms. The number of carbonyl (C=O) groups is 1. The summed E-state index contributed by atoms with van der Waals surface area (Å²) in [7, 11) is 0. The molecule has 1 aliphatic heterocycles. The summed E-state index contributed by atoms with van der Waals surface area (Å²) in [4.78, 5) is 21.7. The van der Waals surface area contributed by atoms with Gasteiger partial charge in [0.25, 0.3) is 0 Å². The predicted molar refractivity (Wildman–Crippen MR) is 109 cm³/mol. The highest BCUT2D eigenvalue weighted by atomic mass is 19.1. The Morgan fingerprint density at radius 1 is 1.12 bits per heavy atom. The first-order valence-corrected chi connectivity index (χ1v) is 9.85. The van der Waals surface area contributed by atoms with Gasteiger partial charge in [-0.15, -0.1) is 0 Å². The monoisotopic (exact) mass is 437 g/mol. The molecule has 0 aliphatic carbocycles. The van der Waals surface area contributed by atoms with Gasteiger partial charge in [-0.2, -0.15) is 5.10 Å². The first-order chi connectivity index (χ1) is 15.6. The Morgan fingerprint density at radius 3 is 2.78 bits per heavy atom. The van der Waals surface area contributed by atoms with Gasteiger partial charge in [0.05, 0.1) is 25.0 Å². The van der Waals surface area contributed by atoms with Crippen LogP contribution in [-0.4, -0.2) is 50.4 Å². The zero-order valence-corrected chi connectivity index (χ0v) is 16.7. The minimum absolute atomic E-state index is 0.000707. The quantitative estimate of drug-likeness (QED) is 0.511. The second kappa shape index (κ2) is 8.17. The average Bonchev–Trinajstić information content (AvgIpc) is 3.46. The molecule has 1 fully saturated rings. The van der Waals surface area contributed by atoms with Gasteiger partial charge in [0.1, 0.15) is 23.5 Å². The number of benzene rings is 1. The molecule has 1 amide bonds. The number of anilines is 1. The molecular formula is C21H17F2N7O2. The number of amides is 1. The third-order valence-electron chi connectivity index (χ3n) is 5.05. The molecule has 1 aliphatic rings. The Morgan fingerprint density at radius 2 is 2.00 bits per heavy atom. The van der Waals surface area contributed by atoms with Gasteiger partial charge in [0.2, 0.25) is 5.91 Å². The predicted octanol–water partition coefficient (Wildman–Crippen LogP) is 2.26. The van der Waals surface area contributed by atoms with Gasteiger partial charge in [0.15, 0.2) is 17.5 Å². The van der Waals surface area contributed by atoms with Crippen LogP contribution < -0.4 is 10.2 Å². The normalized spacial score (nSPS) is 13.9. The zero-order valence-electron chi connectivity index (χ0n) is 16.7. The minimum atomic E-state index is -0.633. The summed E-state index contributed by atoms with van der Waals surface area (Å²) in [6.45, 7) is 0.949. The number of nitrogens with zero attached hydrogens (tertiary/aromatic N) is 6. The van der Waals surface area contributed by atoms with E-state index < -0.39 is 5.82 Å². The molecule has 32 heavy (non-hydrogen) atoms. The molecule has 5 rings (SSSR count). The van der Waals surface area contributed by atoms with E-state index in [1.165, 1.54) is 12.3 Å². The van der Waals surface area contributed by atoms with Gasteiger partial charge < -0.3 is 14.7 Å². The maximum atomic E-state index is 14.4. The molecule has 0 saturated carbocycles. The summed E-state index contributed by atoms with van der Waals surface area (Å²) in [6.07, 6.45) is 2.47. The Bertz CT molecular complexity index is 1270. The van der Waals surface area contributed by atoms with Crippen molar-refractivity contribution in [2.24, 2.45) is 0 Å². The zero-order chi connectivity index (χ0) is 22.1. The molecule has 1 saturated heterocycles. The molecule has 0 atom stereocenters. The number of nitrogens with one attached hydrogen (secondary N) is 1. The van der Waals surface area contributed by atoms with E-state index in [4.69, 9.17) is 4.52 Å². The smallest absolute Gasteiger partial charge is 0.239 e. The highest BCUT2D eigenvalue weighted by Crippen LogP contribution is 2.26. The number of hydrogen-bond donors (Lipinski definition) is 1. The maximum absolute atomic E-state index is 14.4. The summed E-state index contributed by atoms with van der Waals surface area (Å²) in [5, 5.41) is 11.2. The SMILES string of the molecule is O=C1CN(c2nc(-c3cc(-c4ccon4)n(Cc4ccccc4F)n3)ncc2F)CCN1. The maximum Gasteiger partial charge on any atom is 0.239 e. The lowest BCUT2D eigenvalue weighted by atomic mass is 10.2. The highest BCUT2D eigenvalue weighted by Gasteiger charge is 2.23. The molecule has 11 heteroatoms. The van der Waals surface area contributed by atoms with E-state index in [0.717, 1.165) is 6.20 Å². The Labute approximate surface area is 180 Å². The van der Waals surface area contributed by atoms with Crippen LogP contribution >= 0.6 is 0 Å². The molecule has 3 aromatic heterocycles. The van der Waals surface area contributed by atoms with Crippen molar-refractivity contribution in [2.45, 2.75) is 6.54 Å². The summed E-state index contributed by atoms with van der Waals surface area (Å²) >= 11 is 0. The van der Waals surface area contributed by atoms with Crippen LogP contribution in [-0.2, 0) is 11.3 Å². The fourth-order valence-electron chi connectivity index (χ4n) is 3.51. The van der Waals surface area contributed by atoms with Crippen LogP contribution in [0.15, 0.2) is 53.4 Å². The lowest BCUT2D eigenvalue weighted by molar-refractivity contribution is -0.120. The second-order valence-corrected chi connectivity index (χ2v) is 7.19. The van der Waals surface area contributed by atoms with Crippen LogP contribution in [0.5, 0.6) is 0 Å². The van der Waals surface area contributed by atoms with Gasteiger partial charge in [-0.05, 0) is 12.1 Å². The van der Waals surface area contributed by atoms with Crippen molar-refractivity contribution in [3.8, 4) is 22.9 Å². The molecule has 1 N–H and O–H groups in total. The van der Waals surface area contributed by atoms with Crippen LogP contribution in [0.3, 0.4) is 0 Å². The Hall–Kier alpha value is -4.15. The van der Waals surface area contributed by atoms with E-state index in [1.807, 2.05) is 0 Å². The number of rotatable bonds is 5. The van der Waals surface area contributed by atoms with Crippen molar-refractivity contribution >= 4 is 11.7 Å². The summed E-state index contributed by atoms with van der Waals surface area (Å²) < 4.78 is 35.2. The van der Waals surface area contributed by atoms with Crippen molar-refractivity contribution in [3.05, 3.63) is 66.1 Å². The van der Waals surface area contributed by atoms with Crippen LogP contribution in [0.4, 0.5) is 14.6 Å². The second-order valence-electron chi connectivity index (χ2n) is 7.19. The third-order valence-corrected chi connectivity index (χ3v) is 5.05. The number of carbonyl (C=O) groups excluding carboxylic acids is 1. The molecule has 4 heterocycles. The molecular weight excluding hydrogens is 420 g/mol. The summed E-state index contributed by atoms with van der Waals surface area (Å²) in [5.41, 5.74) is 1.84.